The third-order valence-electron chi connectivity index (χ3n) is 13.7. The highest BCUT2D eigenvalue weighted by Crippen LogP contribution is 2.54. The molecule has 1 spiro atoms. The number of ether oxygens (including phenoxy) is 1. The van der Waals surface area contributed by atoms with Gasteiger partial charge >= 0.3 is 0 Å². The molecule has 7 atom stereocenters. The average molecular weight is 690 g/mol. The second-order valence-corrected chi connectivity index (χ2v) is 16.6. The number of carbonyl (C=O) groups is 1. The molecule has 274 valence electrons. The van der Waals surface area contributed by atoms with Gasteiger partial charge in [-0.05, 0) is 94.0 Å². The summed E-state index contributed by atoms with van der Waals surface area (Å²) in [5, 5.41) is 18.2. The molecule has 7 rings (SSSR count). The first-order chi connectivity index (χ1) is 24.3. The van der Waals surface area contributed by atoms with E-state index in [0.29, 0.717) is 44.0 Å². The van der Waals surface area contributed by atoms with Crippen LogP contribution in [0.4, 0.5) is 10.1 Å². The van der Waals surface area contributed by atoms with Crippen LogP contribution in [0.2, 0.25) is 0 Å². The van der Waals surface area contributed by atoms with Crippen molar-refractivity contribution in [1.82, 2.24) is 25.3 Å². The number of nitrogens with one attached hydrogen (secondary N) is 2. The number of carbonyl (C=O) groups excluding carboxylic acids is 1. The zero-order valence-corrected chi connectivity index (χ0v) is 30.6. The highest BCUT2D eigenvalue weighted by atomic mass is 19.1. The molecule has 0 bridgehead atoms. The van der Waals surface area contributed by atoms with Crippen LogP contribution in [0, 0.1) is 34.4 Å². The molecule has 6 aliphatic rings. The Kier molecular flexibility index (Phi) is 10.9. The minimum absolute atomic E-state index is 0.0440. The van der Waals surface area contributed by atoms with Crippen molar-refractivity contribution in [1.29, 1.82) is 5.26 Å². The quantitative estimate of drug-likeness (QED) is 0.377. The van der Waals surface area contributed by atoms with Gasteiger partial charge in [-0.25, -0.2) is 4.39 Å². The van der Waals surface area contributed by atoms with Gasteiger partial charge in [0.05, 0.1) is 36.5 Å². The van der Waals surface area contributed by atoms with Crippen molar-refractivity contribution in [2.75, 3.05) is 58.3 Å². The lowest BCUT2D eigenvalue weighted by atomic mass is 9.58. The van der Waals surface area contributed by atoms with E-state index in [2.05, 4.69) is 58.1 Å². The van der Waals surface area contributed by atoms with Crippen LogP contribution in [-0.2, 0) is 16.0 Å². The number of piperazine rings is 1. The molecule has 0 radical (unpaired) electrons. The Morgan fingerprint density at radius 2 is 1.88 bits per heavy atom. The minimum Gasteiger partial charge on any atom is -0.371 e. The van der Waals surface area contributed by atoms with Gasteiger partial charge < -0.3 is 19.4 Å². The Bertz CT molecular complexity index is 1410. The van der Waals surface area contributed by atoms with Gasteiger partial charge in [-0.1, -0.05) is 50.8 Å². The van der Waals surface area contributed by atoms with Crippen molar-refractivity contribution in [3.63, 3.8) is 0 Å². The van der Waals surface area contributed by atoms with Crippen LogP contribution in [-0.4, -0.2) is 104 Å². The van der Waals surface area contributed by atoms with Gasteiger partial charge in [0.25, 0.3) is 0 Å². The maximum Gasteiger partial charge on any atom is 0.246 e. The van der Waals surface area contributed by atoms with Gasteiger partial charge in [0.2, 0.25) is 5.91 Å². The second-order valence-electron chi connectivity index (χ2n) is 16.6. The Morgan fingerprint density at radius 3 is 2.62 bits per heavy atom. The molecular formula is C40H60FN7O2. The Morgan fingerprint density at radius 1 is 1.08 bits per heavy atom. The molecular weight excluding hydrogens is 629 g/mol. The molecule has 10 heteroatoms. The molecule has 1 aromatic carbocycles. The van der Waals surface area contributed by atoms with Gasteiger partial charge in [-0.15, -0.1) is 0 Å². The smallest absolute Gasteiger partial charge is 0.246 e. The van der Waals surface area contributed by atoms with Crippen LogP contribution in [0.15, 0.2) is 30.9 Å². The molecule has 4 aliphatic heterocycles. The number of benzene rings is 1. The normalized spacial score (nSPS) is 35.9. The highest BCUT2D eigenvalue weighted by molar-refractivity contribution is 5.87. The fourth-order valence-electron chi connectivity index (χ4n) is 11.4. The molecule has 50 heavy (non-hydrogen) atoms. The maximum atomic E-state index is 15.1. The van der Waals surface area contributed by atoms with Crippen molar-refractivity contribution >= 4 is 11.6 Å². The van der Waals surface area contributed by atoms with Gasteiger partial charge in [-0.2, -0.15) is 5.26 Å². The van der Waals surface area contributed by atoms with Crippen LogP contribution in [0.25, 0.3) is 0 Å². The van der Waals surface area contributed by atoms with Crippen LogP contribution < -0.4 is 15.5 Å². The van der Waals surface area contributed by atoms with E-state index >= 15 is 4.39 Å². The largest absolute Gasteiger partial charge is 0.371 e. The number of fused-ring (bicyclic) bond motifs is 2. The van der Waals surface area contributed by atoms with Crippen molar-refractivity contribution in [3.05, 3.63) is 42.2 Å². The summed E-state index contributed by atoms with van der Waals surface area (Å²) in [5.74, 6) is 0.555. The molecule has 5 fully saturated rings. The van der Waals surface area contributed by atoms with Crippen LogP contribution in [0.3, 0.4) is 0 Å². The van der Waals surface area contributed by atoms with E-state index in [1.807, 2.05) is 11.0 Å². The zero-order chi connectivity index (χ0) is 34.9. The first-order valence-corrected chi connectivity index (χ1v) is 19.7. The fourth-order valence-corrected chi connectivity index (χ4v) is 11.4. The Labute approximate surface area is 299 Å². The summed E-state index contributed by atoms with van der Waals surface area (Å²) in [4.78, 5) is 22.2. The molecule has 1 aromatic rings. The lowest BCUT2D eigenvalue weighted by molar-refractivity contribution is -0.187. The molecule has 2 aliphatic carbocycles. The van der Waals surface area contributed by atoms with E-state index in [1.165, 1.54) is 57.4 Å². The first kappa shape index (κ1) is 35.8. The molecule has 2 N–H and O–H groups in total. The van der Waals surface area contributed by atoms with Crippen LogP contribution in [0.5, 0.6) is 0 Å². The molecule has 2 saturated carbocycles. The van der Waals surface area contributed by atoms with E-state index < -0.39 is 0 Å². The monoisotopic (exact) mass is 689 g/mol. The number of likely N-dealkylation sites (tertiary alicyclic amines) is 1. The summed E-state index contributed by atoms with van der Waals surface area (Å²) >= 11 is 0. The Balaban J connectivity index is 1.26. The van der Waals surface area contributed by atoms with E-state index in [1.54, 1.807) is 6.07 Å². The van der Waals surface area contributed by atoms with Crippen molar-refractivity contribution in [3.8, 4) is 6.07 Å². The second kappa shape index (κ2) is 15.2. The third-order valence-corrected chi connectivity index (χ3v) is 13.7. The molecule has 0 aromatic heterocycles. The summed E-state index contributed by atoms with van der Waals surface area (Å²) < 4.78 is 22.0. The molecule has 1 amide bonds. The van der Waals surface area contributed by atoms with Gasteiger partial charge in [0.15, 0.2) is 6.35 Å². The number of halogens is 1. The number of rotatable bonds is 7. The number of hydrogen-bond donors (Lipinski definition) is 2. The van der Waals surface area contributed by atoms with Gasteiger partial charge in [0.1, 0.15) is 5.82 Å². The van der Waals surface area contributed by atoms with Crippen LogP contribution in [0.1, 0.15) is 89.0 Å². The predicted octanol–water partition coefficient (Wildman–Crippen LogP) is 5.23. The average Bonchev–Trinajstić information content (AvgIpc) is 3.50. The number of nitriles is 1. The molecule has 9 nitrogen and oxygen atoms in total. The number of para-hydroxylation sites is 1. The molecule has 4 heterocycles. The Hall–Kier alpha value is -2.55. The predicted molar refractivity (Wildman–Crippen MR) is 195 cm³/mol. The maximum absolute atomic E-state index is 15.1. The summed E-state index contributed by atoms with van der Waals surface area (Å²) in [5.41, 5.74) is 1.60. The number of hydrogen-bond acceptors (Lipinski definition) is 8. The SMILES string of the molecule is C=CC(=O)N1CCN(C2(C3CCCCCCC3)NC(OC[C@H]3CCCN3C)NC3C[C@]4(CCC32)Cc2cccc(F)c2N(C)C4)C[C@H]1CC#N. The highest BCUT2D eigenvalue weighted by Gasteiger charge is 2.60. The van der Waals surface area contributed by atoms with Gasteiger partial charge in [-0.3, -0.25) is 20.3 Å². The zero-order valence-electron chi connectivity index (χ0n) is 30.6. The standard InChI is InChI=1S/C40H60FN7O2/c1-4-36(49)48-23-22-47(26-31(48)18-20-42)40(30-13-8-6-5-7-9-14-30)33-17-19-39(24-29-12-10-16-34(41)37(29)46(3)28-39)25-35(33)43-38(44-40)50-27-32-15-11-21-45(32)2/h4,10,12,16,30-33,35,38,43-44H,1,5-9,11,13-15,17-19,21-28H2,2-3H3/t31-,32-,33?,35?,38?,39+,40?/m1/s1. The van der Waals surface area contributed by atoms with Gasteiger partial charge in [0, 0.05) is 51.2 Å². The third kappa shape index (κ3) is 6.86. The summed E-state index contributed by atoms with van der Waals surface area (Å²) in [6.07, 6.45) is 16.5. The van der Waals surface area contributed by atoms with Crippen molar-refractivity contribution in [2.45, 2.75) is 120 Å². The van der Waals surface area contributed by atoms with E-state index in [0.717, 1.165) is 63.0 Å². The van der Waals surface area contributed by atoms with E-state index in [9.17, 15) is 10.1 Å². The molecule has 4 unspecified atom stereocenters. The van der Waals surface area contributed by atoms with E-state index in [-0.39, 0.29) is 41.2 Å². The van der Waals surface area contributed by atoms with E-state index in [4.69, 9.17) is 4.74 Å². The number of anilines is 1. The first-order valence-electron chi connectivity index (χ1n) is 19.7. The topological polar surface area (TPSA) is 87.1 Å². The lowest BCUT2D eigenvalue weighted by Crippen LogP contribution is -2.81. The summed E-state index contributed by atoms with van der Waals surface area (Å²) in [7, 11) is 4.27. The fraction of sp³-hybridized carbons (Fsp3) is 0.750. The lowest BCUT2D eigenvalue weighted by Gasteiger charge is -2.65. The number of amides is 1. The minimum atomic E-state index is -0.331. The number of nitrogens with zero attached hydrogens (tertiary/aromatic N) is 5. The van der Waals surface area contributed by atoms with Crippen LogP contribution >= 0.6 is 0 Å². The van der Waals surface area contributed by atoms with Crippen molar-refractivity contribution < 1.29 is 13.9 Å². The number of likely N-dealkylation sites (N-methyl/N-ethyl adjacent to an activating group) is 1. The van der Waals surface area contributed by atoms with Crippen molar-refractivity contribution in [2.24, 2.45) is 17.3 Å². The summed E-state index contributed by atoms with van der Waals surface area (Å²) in [6.45, 7) is 8.43. The summed E-state index contributed by atoms with van der Waals surface area (Å²) in [6, 6.07) is 8.44. The molecule has 3 saturated heterocycles.